The highest BCUT2D eigenvalue weighted by Crippen LogP contribution is 2.26. The molecule has 0 aliphatic rings. The van der Waals surface area contributed by atoms with Gasteiger partial charge >= 0.3 is 0 Å². The lowest BCUT2D eigenvalue weighted by Crippen LogP contribution is -2.31. The molecule has 2 nitrogen and oxygen atoms in total. The molecule has 0 atom stereocenters. The Morgan fingerprint density at radius 1 is 1.18 bits per heavy atom. The molecule has 2 heteroatoms. The molecule has 0 N–H and O–H groups in total. The molecule has 0 aliphatic heterocycles. The molecule has 0 bridgehead atoms. The third-order valence-electron chi connectivity index (χ3n) is 3.67. The number of nitrogens with zero attached hydrogens (tertiary/aromatic N) is 1. The Balaban J connectivity index is 3.62. The van der Waals surface area contributed by atoms with Crippen LogP contribution in [0.5, 0.6) is 0 Å². The van der Waals surface area contributed by atoms with Crippen molar-refractivity contribution in [2.24, 2.45) is 11.3 Å². The quantitative estimate of drug-likeness (QED) is 0.586. The van der Waals surface area contributed by atoms with Gasteiger partial charge in [0.2, 0.25) is 5.91 Å². The zero-order valence-corrected chi connectivity index (χ0v) is 12.7. The van der Waals surface area contributed by atoms with Gasteiger partial charge < -0.3 is 4.90 Å². The van der Waals surface area contributed by atoms with Crippen molar-refractivity contribution in [3.63, 3.8) is 0 Å². The smallest absolute Gasteiger partial charge is 0.224 e. The first kappa shape index (κ1) is 16.5. The maximum atomic E-state index is 11.6. The van der Waals surface area contributed by atoms with E-state index in [0.29, 0.717) is 5.41 Å². The summed E-state index contributed by atoms with van der Waals surface area (Å²) in [6.45, 7) is 11.8. The third-order valence-corrected chi connectivity index (χ3v) is 3.67. The Hall–Kier alpha value is -0.530. The topological polar surface area (TPSA) is 20.3 Å². The molecule has 0 aromatic heterocycles. The van der Waals surface area contributed by atoms with Crippen molar-refractivity contribution in [2.75, 3.05) is 13.6 Å². The van der Waals surface area contributed by atoms with Crippen molar-refractivity contribution in [3.8, 4) is 0 Å². The largest absolute Gasteiger partial charge is 0.346 e. The van der Waals surface area contributed by atoms with E-state index < -0.39 is 0 Å². The molecule has 0 spiro atoms. The molecule has 0 unspecified atom stereocenters. The fourth-order valence-electron chi connectivity index (χ4n) is 1.86. The second-order valence-corrected chi connectivity index (χ2v) is 6.24. The van der Waals surface area contributed by atoms with Crippen LogP contribution < -0.4 is 0 Å². The van der Waals surface area contributed by atoms with Gasteiger partial charge in [-0.05, 0) is 18.3 Å². The molecule has 0 saturated heterocycles. The average Bonchev–Trinajstić information content (AvgIpc) is 2.27. The van der Waals surface area contributed by atoms with Gasteiger partial charge in [-0.25, -0.2) is 0 Å². The second-order valence-electron chi connectivity index (χ2n) is 6.24. The Labute approximate surface area is 108 Å². The van der Waals surface area contributed by atoms with E-state index in [1.54, 1.807) is 0 Å². The van der Waals surface area contributed by atoms with Gasteiger partial charge in [-0.2, -0.15) is 0 Å². The van der Waals surface area contributed by atoms with Crippen LogP contribution in [0.25, 0.3) is 0 Å². The molecule has 0 heterocycles. The summed E-state index contributed by atoms with van der Waals surface area (Å²) in [4.78, 5) is 13.5. The van der Waals surface area contributed by atoms with Crippen molar-refractivity contribution in [2.45, 2.75) is 66.7 Å². The molecule has 0 radical (unpaired) electrons. The van der Waals surface area contributed by atoms with Crippen LogP contribution in [0.15, 0.2) is 0 Å². The first-order valence-electron chi connectivity index (χ1n) is 7.05. The van der Waals surface area contributed by atoms with Crippen molar-refractivity contribution >= 4 is 5.91 Å². The van der Waals surface area contributed by atoms with Crippen molar-refractivity contribution in [3.05, 3.63) is 0 Å². The number of hydrogen-bond acceptors (Lipinski definition) is 1. The number of unbranched alkanes of at least 4 members (excludes halogenated alkanes) is 2. The van der Waals surface area contributed by atoms with Gasteiger partial charge in [0.15, 0.2) is 0 Å². The van der Waals surface area contributed by atoms with E-state index in [-0.39, 0.29) is 11.8 Å². The first-order valence-corrected chi connectivity index (χ1v) is 7.05. The molecule has 0 fully saturated rings. The molecular formula is C15H31NO. The number of carbonyl (C=O) groups is 1. The van der Waals surface area contributed by atoms with Gasteiger partial charge in [-0.3, -0.25) is 4.79 Å². The summed E-state index contributed by atoms with van der Waals surface area (Å²) in [7, 11) is 1.91. The van der Waals surface area contributed by atoms with E-state index >= 15 is 0 Å². The highest BCUT2D eigenvalue weighted by molar-refractivity contribution is 5.77. The minimum absolute atomic E-state index is 0.124. The van der Waals surface area contributed by atoms with Crippen LogP contribution in [0, 0.1) is 11.3 Å². The van der Waals surface area contributed by atoms with Crippen LogP contribution in [0.4, 0.5) is 0 Å². The molecule has 0 aliphatic carbocycles. The summed E-state index contributed by atoms with van der Waals surface area (Å²) in [5.41, 5.74) is 0.486. The Morgan fingerprint density at radius 3 is 2.24 bits per heavy atom. The van der Waals surface area contributed by atoms with Crippen LogP contribution in [0.1, 0.15) is 66.7 Å². The maximum Gasteiger partial charge on any atom is 0.224 e. The predicted octanol–water partition coefficient (Wildman–Crippen LogP) is 4.10. The average molecular weight is 241 g/mol. The molecular weight excluding hydrogens is 210 g/mol. The Morgan fingerprint density at radius 2 is 1.76 bits per heavy atom. The highest BCUT2D eigenvalue weighted by Gasteiger charge is 2.15. The number of carbonyl (C=O) groups excluding carboxylic acids is 1. The standard InChI is InChI=1S/C15H31NO/c1-7-15(4,5)11-9-8-10-12-16(6)14(17)13(2)3/h13H,7-12H2,1-6H3. The summed E-state index contributed by atoms with van der Waals surface area (Å²) < 4.78 is 0. The zero-order valence-electron chi connectivity index (χ0n) is 12.7. The minimum Gasteiger partial charge on any atom is -0.346 e. The van der Waals surface area contributed by atoms with E-state index in [1.165, 1.54) is 25.7 Å². The Kier molecular flexibility index (Phi) is 7.49. The first-order chi connectivity index (χ1) is 7.80. The van der Waals surface area contributed by atoms with E-state index in [4.69, 9.17) is 0 Å². The molecule has 0 rings (SSSR count). The van der Waals surface area contributed by atoms with Gasteiger partial charge in [0.1, 0.15) is 0 Å². The molecule has 1 amide bonds. The fraction of sp³-hybridized carbons (Fsp3) is 0.933. The molecule has 0 saturated carbocycles. The number of hydrogen-bond donors (Lipinski definition) is 0. The van der Waals surface area contributed by atoms with Crippen LogP contribution in [-0.2, 0) is 4.79 Å². The van der Waals surface area contributed by atoms with Crippen LogP contribution in [-0.4, -0.2) is 24.4 Å². The van der Waals surface area contributed by atoms with Crippen molar-refractivity contribution < 1.29 is 4.79 Å². The summed E-state index contributed by atoms with van der Waals surface area (Å²) in [6, 6.07) is 0. The van der Waals surface area contributed by atoms with E-state index in [9.17, 15) is 4.79 Å². The van der Waals surface area contributed by atoms with E-state index in [2.05, 4.69) is 20.8 Å². The van der Waals surface area contributed by atoms with Crippen LogP contribution in [0.2, 0.25) is 0 Å². The summed E-state index contributed by atoms with van der Waals surface area (Å²) in [5.74, 6) is 0.387. The number of amides is 1. The molecule has 0 aromatic carbocycles. The van der Waals surface area contributed by atoms with Crippen molar-refractivity contribution in [1.29, 1.82) is 0 Å². The summed E-state index contributed by atoms with van der Waals surface area (Å²) in [5, 5.41) is 0. The zero-order chi connectivity index (χ0) is 13.5. The number of rotatable bonds is 8. The lowest BCUT2D eigenvalue weighted by Gasteiger charge is -2.23. The van der Waals surface area contributed by atoms with Gasteiger partial charge in [-0.15, -0.1) is 0 Å². The van der Waals surface area contributed by atoms with E-state index in [1.807, 2.05) is 25.8 Å². The Bertz CT molecular complexity index is 221. The highest BCUT2D eigenvalue weighted by atomic mass is 16.2. The molecule has 17 heavy (non-hydrogen) atoms. The van der Waals surface area contributed by atoms with Crippen LogP contribution >= 0.6 is 0 Å². The second kappa shape index (κ2) is 7.73. The normalized spacial score (nSPS) is 11.9. The summed E-state index contributed by atoms with van der Waals surface area (Å²) >= 11 is 0. The van der Waals surface area contributed by atoms with Gasteiger partial charge in [0, 0.05) is 19.5 Å². The minimum atomic E-state index is 0.124. The monoisotopic (exact) mass is 241 g/mol. The SMILES string of the molecule is CCC(C)(C)CCCCCN(C)C(=O)C(C)C. The van der Waals surface area contributed by atoms with Gasteiger partial charge in [-0.1, -0.05) is 53.9 Å². The third kappa shape index (κ3) is 7.40. The maximum absolute atomic E-state index is 11.6. The summed E-state index contributed by atoms with van der Waals surface area (Å²) in [6.07, 6.45) is 6.20. The molecule has 102 valence electrons. The fourth-order valence-corrected chi connectivity index (χ4v) is 1.86. The van der Waals surface area contributed by atoms with Crippen molar-refractivity contribution in [1.82, 2.24) is 4.90 Å². The molecule has 0 aromatic rings. The van der Waals surface area contributed by atoms with E-state index in [0.717, 1.165) is 13.0 Å². The lowest BCUT2D eigenvalue weighted by atomic mass is 9.84. The van der Waals surface area contributed by atoms with Gasteiger partial charge in [0.05, 0.1) is 0 Å². The van der Waals surface area contributed by atoms with Gasteiger partial charge in [0.25, 0.3) is 0 Å². The van der Waals surface area contributed by atoms with Crippen LogP contribution in [0.3, 0.4) is 0 Å². The lowest BCUT2D eigenvalue weighted by molar-refractivity contribution is -0.133. The predicted molar refractivity (Wildman–Crippen MR) is 75.0 cm³/mol.